The molecule has 0 saturated heterocycles. The molecule has 0 radical (unpaired) electrons. The molecule has 0 bridgehead atoms. The molecule has 0 aliphatic carbocycles. The van der Waals surface area contributed by atoms with Crippen LogP contribution in [0.1, 0.15) is 174 Å². The molecular formula is C29H60O4S. The van der Waals surface area contributed by atoms with Gasteiger partial charge in [-0.1, -0.05) is 162 Å². The summed E-state index contributed by atoms with van der Waals surface area (Å²) in [6, 6.07) is 0. The Morgan fingerprint density at radius 1 is 0.500 bits per heavy atom. The summed E-state index contributed by atoms with van der Waals surface area (Å²) < 4.78 is 35.3. The van der Waals surface area contributed by atoms with Crippen molar-refractivity contribution in [2.45, 2.75) is 174 Å². The molecule has 206 valence electrons. The van der Waals surface area contributed by atoms with Crippen molar-refractivity contribution in [3.8, 4) is 0 Å². The van der Waals surface area contributed by atoms with Crippen molar-refractivity contribution in [1.29, 1.82) is 0 Å². The standard InChI is InChI=1S/C29H60O4S/c1-3-5-7-9-10-11-12-13-14-15-16-17-18-19-20-21-22-23-25-27-29(26-24-8-6-4-2)28-33-34(30,31)32/h29H,3-28H2,1-2H3,(H,30,31,32). The third-order valence-electron chi connectivity index (χ3n) is 7.13. The molecular weight excluding hydrogens is 444 g/mol. The maximum Gasteiger partial charge on any atom is 0.397 e. The average Bonchev–Trinajstić information content (AvgIpc) is 2.80. The number of rotatable bonds is 28. The normalized spacial score (nSPS) is 12.9. The lowest BCUT2D eigenvalue weighted by molar-refractivity contribution is 0.204. The van der Waals surface area contributed by atoms with Gasteiger partial charge in [0, 0.05) is 0 Å². The van der Waals surface area contributed by atoms with Crippen molar-refractivity contribution in [2.75, 3.05) is 6.61 Å². The Kier molecular flexibility index (Phi) is 25.8. The molecule has 0 aliphatic rings. The molecule has 1 atom stereocenters. The topological polar surface area (TPSA) is 63.6 Å². The lowest BCUT2D eigenvalue weighted by atomic mass is 9.95. The first kappa shape index (κ1) is 33.9. The van der Waals surface area contributed by atoms with E-state index in [1.807, 2.05) is 0 Å². The Morgan fingerprint density at radius 2 is 0.765 bits per heavy atom. The van der Waals surface area contributed by atoms with Crippen LogP contribution >= 0.6 is 0 Å². The summed E-state index contributed by atoms with van der Waals surface area (Å²) in [6.07, 6.45) is 32.9. The van der Waals surface area contributed by atoms with E-state index in [1.165, 1.54) is 135 Å². The molecule has 1 unspecified atom stereocenters. The van der Waals surface area contributed by atoms with E-state index in [9.17, 15) is 8.42 Å². The molecule has 1 N–H and O–H groups in total. The van der Waals surface area contributed by atoms with Crippen LogP contribution in [0.2, 0.25) is 0 Å². The van der Waals surface area contributed by atoms with Crippen molar-refractivity contribution in [1.82, 2.24) is 0 Å². The maximum atomic E-state index is 10.9. The van der Waals surface area contributed by atoms with Gasteiger partial charge in [0.05, 0.1) is 6.61 Å². The first-order valence-electron chi connectivity index (χ1n) is 15.1. The van der Waals surface area contributed by atoms with Crippen LogP contribution in [0, 0.1) is 5.92 Å². The van der Waals surface area contributed by atoms with Crippen LogP contribution in [0.5, 0.6) is 0 Å². The van der Waals surface area contributed by atoms with Crippen molar-refractivity contribution in [3.63, 3.8) is 0 Å². The summed E-state index contributed by atoms with van der Waals surface area (Å²) in [7, 11) is -4.32. The molecule has 0 saturated carbocycles. The molecule has 0 rings (SSSR count). The SMILES string of the molecule is CCCCCCCCCCCCCCCCCCCCCC(CCCCCC)COS(=O)(=O)O. The zero-order chi connectivity index (χ0) is 25.2. The minimum Gasteiger partial charge on any atom is -0.264 e. The Balaban J connectivity index is 3.47. The van der Waals surface area contributed by atoms with Crippen molar-refractivity contribution in [2.24, 2.45) is 5.92 Å². The summed E-state index contributed by atoms with van der Waals surface area (Å²) in [5.41, 5.74) is 0. The summed E-state index contributed by atoms with van der Waals surface area (Å²) in [6.45, 7) is 4.61. The molecule has 0 aliphatic heterocycles. The number of hydrogen-bond acceptors (Lipinski definition) is 3. The maximum absolute atomic E-state index is 10.9. The molecule has 0 amide bonds. The van der Waals surface area contributed by atoms with E-state index in [-0.39, 0.29) is 12.5 Å². The van der Waals surface area contributed by atoms with E-state index in [0.29, 0.717) is 0 Å². The molecule has 0 fully saturated rings. The summed E-state index contributed by atoms with van der Waals surface area (Å²) in [4.78, 5) is 0. The van der Waals surface area contributed by atoms with Crippen molar-refractivity contribution in [3.05, 3.63) is 0 Å². The Hall–Kier alpha value is -0.130. The van der Waals surface area contributed by atoms with Crippen LogP contribution in [-0.2, 0) is 14.6 Å². The Morgan fingerprint density at radius 3 is 1.06 bits per heavy atom. The van der Waals surface area contributed by atoms with Gasteiger partial charge in [-0.2, -0.15) is 8.42 Å². The predicted octanol–water partition coefficient (Wildman–Crippen LogP) is 10.2. The van der Waals surface area contributed by atoms with Crippen LogP contribution in [0.25, 0.3) is 0 Å². The van der Waals surface area contributed by atoms with Gasteiger partial charge >= 0.3 is 10.4 Å². The quantitative estimate of drug-likeness (QED) is 0.0850. The second-order valence-corrected chi connectivity index (χ2v) is 11.7. The minimum atomic E-state index is -4.32. The van der Waals surface area contributed by atoms with Gasteiger partial charge in [-0.05, 0) is 18.8 Å². The van der Waals surface area contributed by atoms with E-state index in [1.54, 1.807) is 0 Å². The molecule has 0 spiro atoms. The van der Waals surface area contributed by atoms with Gasteiger partial charge in [0.2, 0.25) is 0 Å². The average molecular weight is 505 g/mol. The highest BCUT2D eigenvalue weighted by Crippen LogP contribution is 2.20. The van der Waals surface area contributed by atoms with E-state index in [4.69, 9.17) is 4.55 Å². The first-order valence-corrected chi connectivity index (χ1v) is 16.5. The monoisotopic (exact) mass is 504 g/mol. The van der Waals surface area contributed by atoms with E-state index < -0.39 is 10.4 Å². The minimum absolute atomic E-state index is 0.129. The molecule has 4 nitrogen and oxygen atoms in total. The highest BCUT2D eigenvalue weighted by atomic mass is 32.3. The Labute approximate surface area is 214 Å². The van der Waals surface area contributed by atoms with Gasteiger partial charge in [0.1, 0.15) is 0 Å². The third kappa shape index (κ3) is 28.1. The number of hydrogen-bond donors (Lipinski definition) is 1. The fourth-order valence-electron chi connectivity index (χ4n) is 4.86. The molecule has 0 aromatic carbocycles. The van der Waals surface area contributed by atoms with E-state index in [0.717, 1.165) is 25.7 Å². The molecule has 5 heteroatoms. The highest BCUT2D eigenvalue weighted by Gasteiger charge is 2.13. The molecule has 34 heavy (non-hydrogen) atoms. The summed E-state index contributed by atoms with van der Waals surface area (Å²) >= 11 is 0. The summed E-state index contributed by atoms with van der Waals surface area (Å²) in [5, 5.41) is 0. The van der Waals surface area contributed by atoms with Crippen LogP contribution in [0.3, 0.4) is 0 Å². The number of unbranched alkanes of at least 4 members (excludes halogenated alkanes) is 21. The van der Waals surface area contributed by atoms with Crippen LogP contribution in [0.15, 0.2) is 0 Å². The predicted molar refractivity (Wildman–Crippen MR) is 148 cm³/mol. The van der Waals surface area contributed by atoms with E-state index >= 15 is 0 Å². The molecule has 0 heterocycles. The van der Waals surface area contributed by atoms with Gasteiger partial charge in [-0.3, -0.25) is 4.55 Å². The van der Waals surface area contributed by atoms with Gasteiger partial charge < -0.3 is 0 Å². The summed E-state index contributed by atoms with van der Waals surface area (Å²) in [5.74, 6) is 0.240. The second-order valence-electron chi connectivity index (χ2n) is 10.6. The van der Waals surface area contributed by atoms with Crippen LogP contribution in [-0.4, -0.2) is 19.6 Å². The molecule has 0 aromatic rings. The van der Waals surface area contributed by atoms with Gasteiger partial charge in [0.25, 0.3) is 0 Å². The third-order valence-corrected chi connectivity index (χ3v) is 7.57. The fraction of sp³-hybridized carbons (Fsp3) is 1.00. The van der Waals surface area contributed by atoms with Crippen molar-refractivity contribution < 1.29 is 17.2 Å². The van der Waals surface area contributed by atoms with E-state index in [2.05, 4.69) is 18.0 Å². The largest absolute Gasteiger partial charge is 0.397 e. The second kappa shape index (κ2) is 25.9. The Bertz CT molecular complexity index is 492. The van der Waals surface area contributed by atoms with Crippen LogP contribution in [0.4, 0.5) is 0 Å². The lowest BCUT2D eigenvalue weighted by Gasteiger charge is -2.16. The molecule has 0 aromatic heterocycles. The van der Waals surface area contributed by atoms with Gasteiger partial charge in [-0.25, -0.2) is 4.18 Å². The highest BCUT2D eigenvalue weighted by molar-refractivity contribution is 7.80. The zero-order valence-corrected chi connectivity index (χ0v) is 23.9. The smallest absolute Gasteiger partial charge is 0.264 e. The van der Waals surface area contributed by atoms with Gasteiger partial charge in [-0.15, -0.1) is 0 Å². The first-order chi connectivity index (χ1) is 16.5. The van der Waals surface area contributed by atoms with Crippen molar-refractivity contribution >= 4 is 10.4 Å². The lowest BCUT2D eigenvalue weighted by Crippen LogP contribution is -2.14. The van der Waals surface area contributed by atoms with Gasteiger partial charge in [0.15, 0.2) is 0 Å². The van der Waals surface area contributed by atoms with Crippen LogP contribution < -0.4 is 0 Å². The fourth-order valence-corrected chi connectivity index (χ4v) is 5.23. The zero-order valence-electron chi connectivity index (χ0n) is 23.0.